The fourth-order valence-corrected chi connectivity index (χ4v) is 7.05. The molecule has 0 spiro atoms. The molecule has 2 aromatic carbocycles. The Labute approximate surface area is 262 Å². The van der Waals surface area contributed by atoms with Gasteiger partial charge in [-0.05, 0) is 60.4 Å². The van der Waals surface area contributed by atoms with Crippen molar-refractivity contribution in [1.29, 1.82) is 0 Å². The summed E-state index contributed by atoms with van der Waals surface area (Å²) in [5, 5.41) is 13.0. The summed E-state index contributed by atoms with van der Waals surface area (Å²) in [5.41, 5.74) is 3.03. The van der Waals surface area contributed by atoms with Crippen molar-refractivity contribution in [1.82, 2.24) is 4.90 Å². The summed E-state index contributed by atoms with van der Waals surface area (Å²) in [7, 11) is 0. The standard InChI is InChI=1S/C34H37Cl2NO6/c1-6-42-28-11-19(8-10-27(28)43-18-20-7-9-21(35)12-22(20)36)30-31-23(13-33(2,3)15-25(31)38)37(17-29(40)41)24-14-34(4,5)16-26(39)32(24)30/h7-12,30H,6,13-18H2,1-5H3,(H,40,41)/p-1. The highest BCUT2D eigenvalue weighted by Crippen LogP contribution is 2.54. The molecule has 3 aliphatic rings. The van der Waals surface area contributed by atoms with E-state index in [1.807, 2.05) is 46.8 Å². The van der Waals surface area contributed by atoms with E-state index in [-0.39, 0.29) is 29.0 Å². The lowest BCUT2D eigenvalue weighted by molar-refractivity contribution is -0.305. The van der Waals surface area contributed by atoms with E-state index in [4.69, 9.17) is 32.7 Å². The third-order valence-corrected chi connectivity index (χ3v) is 8.90. The Kier molecular flexibility index (Phi) is 8.45. The molecule has 9 heteroatoms. The minimum absolute atomic E-state index is 0.0838. The number of carboxylic acids is 1. The molecule has 0 atom stereocenters. The molecule has 7 nitrogen and oxygen atoms in total. The number of ether oxygens (including phenoxy) is 2. The van der Waals surface area contributed by atoms with Gasteiger partial charge in [-0.2, -0.15) is 0 Å². The molecular formula is C34H36Cl2NO6-. The Bertz CT molecular complexity index is 1520. The van der Waals surface area contributed by atoms with Gasteiger partial charge in [0.15, 0.2) is 23.1 Å². The second-order valence-electron chi connectivity index (χ2n) is 13.2. The summed E-state index contributed by atoms with van der Waals surface area (Å²) >= 11 is 12.4. The molecule has 0 N–H and O–H groups in total. The van der Waals surface area contributed by atoms with Gasteiger partial charge < -0.3 is 24.3 Å². The predicted molar refractivity (Wildman–Crippen MR) is 163 cm³/mol. The SMILES string of the molecule is CCOc1cc(C2C3=C(CC(C)(C)CC3=O)N(CC(=O)[O-])C3=C2C(=O)CC(C)(C)C3)ccc1OCc1ccc(Cl)cc1Cl. The predicted octanol–water partition coefficient (Wildman–Crippen LogP) is 6.41. The number of nitrogens with zero attached hydrogens (tertiary/aromatic N) is 1. The minimum atomic E-state index is -1.26. The van der Waals surface area contributed by atoms with E-state index in [1.54, 1.807) is 29.2 Å². The summed E-state index contributed by atoms with van der Waals surface area (Å²) < 4.78 is 12.1. The number of rotatable bonds is 8. The van der Waals surface area contributed by atoms with Gasteiger partial charge in [-0.25, -0.2) is 0 Å². The number of hydrogen-bond acceptors (Lipinski definition) is 7. The van der Waals surface area contributed by atoms with E-state index in [0.29, 0.717) is 76.4 Å². The zero-order valence-electron chi connectivity index (χ0n) is 25.1. The van der Waals surface area contributed by atoms with Crippen LogP contribution in [0.25, 0.3) is 0 Å². The van der Waals surface area contributed by atoms with E-state index < -0.39 is 18.4 Å². The molecule has 0 saturated heterocycles. The molecule has 0 aromatic heterocycles. The van der Waals surface area contributed by atoms with Crippen LogP contribution in [0.5, 0.6) is 11.5 Å². The van der Waals surface area contributed by atoms with Gasteiger partial charge in [0.2, 0.25) is 0 Å². The zero-order valence-corrected chi connectivity index (χ0v) is 26.7. The second-order valence-corrected chi connectivity index (χ2v) is 14.0. The van der Waals surface area contributed by atoms with Gasteiger partial charge in [-0.1, -0.05) is 63.0 Å². The maximum atomic E-state index is 13.9. The first-order valence-corrected chi connectivity index (χ1v) is 15.3. The number of carboxylic acid groups (broad SMARTS) is 1. The van der Waals surface area contributed by atoms with Gasteiger partial charge in [-0.15, -0.1) is 0 Å². The Morgan fingerprint density at radius 3 is 2.02 bits per heavy atom. The molecule has 5 rings (SSSR count). The van der Waals surface area contributed by atoms with Crippen molar-refractivity contribution >= 4 is 40.7 Å². The minimum Gasteiger partial charge on any atom is -0.548 e. The van der Waals surface area contributed by atoms with Crippen LogP contribution in [0, 0.1) is 10.8 Å². The first-order chi connectivity index (χ1) is 20.2. The van der Waals surface area contributed by atoms with E-state index >= 15 is 0 Å². The highest BCUT2D eigenvalue weighted by Gasteiger charge is 2.49. The first-order valence-electron chi connectivity index (χ1n) is 14.5. The lowest BCUT2D eigenvalue weighted by atomic mass is 9.63. The zero-order chi connectivity index (χ0) is 31.3. The maximum absolute atomic E-state index is 13.9. The number of ketones is 2. The number of aliphatic carboxylic acids is 1. The number of benzene rings is 2. The molecule has 2 aliphatic carbocycles. The van der Waals surface area contributed by atoms with Crippen LogP contribution in [-0.4, -0.2) is 35.6 Å². The number of allylic oxidation sites excluding steroid dienone is 4. The fourth-order valence-electron chi connectivity index (χ4n) is 6.59. The number of carbonyl (C=O) groups excluding carboxylic acids is 3. The molecule has 2 aromatic rings. The molecule has 0 radical (unpaired) electrons. The van der Waals surface area contributed by atoms with Crippen LogP contribution >= 0.6 is 23.2 Å². The van der Waals surface area contributed by atoms with Crippen LogP contribution in [0.3, 0.4) is 0 Å². The first kappa shape index (κ1) is 31.1. The third-order valence-electron chi connectivity index (χ3n) is 8.31. The lowest BCUT2D eigenvalue weighted by Gasteiger charge is -2.49. The summed E-state index contributed by atoms with van der Waals surface area (Å²) in [5.74, 6) is -1.11. The topological polar surface area (TPSA) is 96.0 Å². The van der Waals surface area contributed by atoms with Crippen LogP contribution in [-0.2, 0) is 21.0 Å². The Balaban J connectivity index is 1.64. The molecule has 1 heterocycles. The Morgan fingerprint density at radius 1 is 0.884 bits per heavy atom. The Hall–Kier alpha value is -3.29. The van der Waals surface area contributed by atoms with E-state index in [0.717, 1.165) is 11.1 Å². The third kappa shape index (κ3) is 6.34. The summed E-state index contributed by atoms with van der Waals surface area (Å²) in [6.07, 6.45) is 1.60. The Morgan fingerprint density at radius 2 is 1.49 bits per heavy atom. The monoisotopic (exact) mass is 624 g/mol. The van der Waals surface area contributed by atoms with Crippen LogP contribution < -0.4 is 14.6 Å². The van der Waals surface area contributed by atoms with Gasteiger partial charge in [0.05, 0.1) is 19.1 Å². The highest BCUT2D eigenvalue weighted by atomic mass is 35.5. The smallest absolute Gasteiger partial charge is 0.162 e. The van der Waals surface area contributed by atoms with E-state index in [2.05, 4.69) is 0 Å². The van der Waals surface area contributed by atoms with Crippen molar-refractivity contribution in [3.8, 4) is 11.5 Å². The average Bonchev–Trinajstić information content (AvgIpc) is 2.88. The molecule has 228 valence electrons. The van der Waals surface area contributed by atoms with Crippen LogP contribution in [0.4, 0.5) is 0 Å². The molecule has 0 fully saturated rings. The molecule has 1 aliphatic heterocycles. The van der Waals surface area contributed by atoms with Crippen molar-refractivity contribution < 1.29 is 29.0 Å². The van der Waals surface area contributed by atoms with Gasteiger partial charge in [-0.3, -0.25) is 9.59 Å². The van der Waals surface area contributed by atoms with Crippen molar-refractivity contribution in [2.75, 3.05) is 13.2 Å². The van der Waals surface area contributed by atoms with Gasteiger partial charge in [0.1, 0.15) is 6.61 Å². The molecule has 0 unspecified atom stereocenters. The van der Waals surface area contributed by atoms with E-state index in [9.17, 15) is 19.5 Å². The number of hydrogen-bond donors (Lipinski definition) is 0. The van der Waals surface area contributed by atoms with Gasteiger partial charge in [0.25, 0.3) is 0 Å². The summed E-state index contributed by atoms with van der Waals surface area (Å²) in [6, 6.07) is 10.7. The number of halogens is 2. The largest absolute Gasteiger partial charge is 0.548 e. The molecule has 0 amide bonds. The van der Waals surface area contributed by atoms with E-state index in [1.165, 1.54) is 0 Å². The lowest BCUT2D eigenvalue weighted by Crippen LogP contribution is -2.47. The summed E-state index contributed by atoms with van der Waals surface area (Å²) in [4.78, 5) is 41.5. The average molecular weight is 626 g/mol. The van der Waals surface area contributed by atoms with Crippen molar-refractivity contribution in [2.24, 2.45) is 10.8 Å². The maximum Gasteiger partial charge on any atom is 0.162 e. The normalized spacial score (nSPS) is 19.7. The quantitative estimate of drug-likeness (QED) is 0.335. The molecular weight excluding hydrogens is 589 g/mol. The highest BCUT2D eigenvalue weighted by molar-refractivity contribution is 6.35. The van der Waals surface area contributed by atoms with Crippen molar-refractivity contribution in [3.05, 3.63) is 80.1 Å². The van der Waals surface area contributed by atoms with Gasteiger partial charge >= 0.3 is 0 Å². The second kappa shape index (κ2) is 11.7. The molecule has 0 saturated carbocycles. The van der Waals surface area contributed by atoms with Crippen molar-refractivity contribution in [2.45, 2.75) is 72.8 Å². The van der Waals surface area contributed by atoms with Crippen molar-refractivity contribution in [3.63, 3.8) is 0 Å². The molecule has 0 bridgehead atoms. The van der Waals surface area contributed by atoms with Crippen LogP contribution in [0.1, 0.15) is 77.3 Å². The summed E-state index contributed by atoms with van der Waals surface area (Å²) in [6.45, 7) is 10.0. The number of carbonyl (C=O) groups is 3. The molecule has 43 heavy (non-hydrogen) atoms. The van der Waals surface area contributed by atoms with Crippen LogP contribution in [0.15, 0.2) is 58.9 Å². The fraction of sp³-hybridized carbons (Fsp3) is 0.441. The van der Waals surface area contributed by atoms with Crippen LogP contribution in [0.2, 0.25) is 10.0 Å². The number of Topliss-reactive ketones (excluding diaryl/α,β-unsaturated/α-hetero) is 2. The van der Waals surface area contributed by atoms with Gasteiger partial charge in [0, 0.05) is 56.9 Å².